The van der Waals surface area contributed by atoms with E-state index in [1.54, 1.807) is 7.11 Å². The number of amides is 1. The summed E-state index contributed by atoms with van der Waals surface area (Å²) in [6.45, 7) is 5.60. The number of nitrogens with zero attached hydrogens (tertiary/aromatic N) is 2. The molecule has 0 fully saturated rings. The quantitative estimate of drug-likeness (QED) is 0.821. The van der Waals surface area contributed by atoms with Gasteiger partial charge < -0.3 is 18.9 Å². The molecule has 0 spiro atoms. The Hall–Kier alpha value is -1.85. The highest BCUT2D eigenvalue weighted by molar-refractivity contribution is 5.88. The molecule has 0 saturated heterocycles. The molecule has 124 valence electrons. The Morgan fingerprint density at radius 3 is 2.96 bits per heavy atom. The Balaban J connectivity index is 1.89. The monoisotopic (exact) mass is 316 g/mol. The van der Waals surface area contributed by atoms with Crippen LogP contribution in [-0.4, -0.2) is 48.8 Å². The highest BCUT2D eigenvalue weighted by Gasteiger charge is 2.22. The summed E-state index contributed by atoms with van der Waals surface area (Å²) in [6, 6.07) is 6.34. The van der Waals surface area contributed by atoms with E-state index >= 15 is 0 Å². The highest BCUT2D eigenvalue weighted by Crippen LogP contribution is 2.29. The molecule has 0 atom stereocenters. The van der Waals surface area contributed by atoms with Gasteiger partial charge in [-0.2, -0.15) is 0 Å². The zero-order chi connectivity index (χ0) is 16.2. The maximum Gasteiger partial charge on any atom is 0.248 e. The summed E-state index contributed by atoms with van der Waals surface area (Å²) in [7, 11) is 1.73. The lowest BCUT2D eigenvalue weighted by Crippen LogP contribution is -2.34. The summed E-state index contributed by atoms with van der Waals surface area (Å²) in [5, 5.41) is 1.30. The van der Waals surface area contributed by atoms with Gasteiger partial charge in [0.15, 0.2) is 0 Å². The van der Waals surface area contributed by atoms with Gasteiger partial charge in [0.1, 0.15) is 6.61 Å². The first kappa shape index (κ1) is 16.0. The minimum absolute atomic E-state index is 0.0706. The predicted octanol–water partition coefficient (Wildman–Crippen LogP) is 2.21. The van der Waals surface area contributed by atoms with E-state index in [4.69, 9.17) is 9.47 Å². The third-order valence-electron chi connectivity index (χ3n) is 4.40. The molecule has 1 aromatic heterocycles. The van der Waals surface area contributed by atoms with E-state index in [2.05, 4.69) is 29.0 Å². The van der Waals surface area contributed by atoms with Crippen molar-refractivity contribution in [1.82, 2.24) is 9.47 Å². The van der Waals surface area contributed by atoms with E-state index < -0.39 is 0 Å². The molecule has 1 aliphatic heterocycles. The van der Waals surface area contributed by atoms with E-state index in [-0.39, 0.29) is 12.5 Å². The lowest BCUT2D eigenvalue weighted by atomic mass is 10.1. The van der Waals surface area contributed by atoms with Crippen LogP contribution in [0, 0.1) is 0 Å². The number of methoxy groups -OCH3 is 1. The molecule has 0 unspecified atom stereocenters. The van der Waals surface area contributed by atoms with Gasteiger partial charge in [0.2, 0.25) is 5.91 Å². The lowest BCUT2D eigenvalue weighted by Gasteiger charge is -2.21. The molecule has 5 heteroatoms. The summed E-state index contributed by atoms with van der Waals surface area (Å²) in [4.78, 5) is 14.2. The molecule has 1 aromatic carbocycles. The maximum atomic E-state index is 12.3. The Kier molecular flexibility index (Phi) is 4.98. The average Bonchev–Trinajstić information content (AvgIpc) is 2.81. The standard InChI is InChI=1S/C18H24N2O3/c1-3-23-13-17(21)20-8-7-15-11-19(9-10-22-2)16-6-4-5-14(12-20)18(15)16/h4-6,11H,3,7-10,12-13H2,1-2H3. The third-order valence-corrected chi connectivity index (χ3v) is 4.40. The first-order chi connectivity index (χ1) is 11.2. The van der Waals surface area contributed by atoms with Gasteiger partial charge in [-0.15, -0.1) is 0 Å². The number of aromatic nitrogens is 1. The van der Waals surface area contributed by atoms with Crippen LogP contribution in [-0.2, 0) is 33.8 Å². The Labute approximate surface area is 136 Å². The van der Waals surface area contributed by atoms with Crippen molar-refractivity contribution in [2.75, 3.05) is 33.5 Å². The molecule has 0 saturated carbocycles. The van der Waals surface area contributed by atoms with Gasteiger partial charge >= 0.3 is 0 Å². The topological polar surface area (TPSA) is 43.7 Å². The largest absolute Gasteiger partial charge is 0.383 e. The van der Waals surface area contributed by atoms with Crippen LogP contribution >= 0.6 is 0 Å². The molecule has 1 aliphatic rings. The number of hydrogen-bond donors (Lipinski definition) is 0. The van der Waals surface area contributed by atoms with E-state index in [1.807, 2.05) is 11.8 Å². The van der Waals surface area contributed by atoms with Gasteiger partial charge in [-0.1, -0.05) is 12.1 Å². The minimum Gasteiger partial charge on any atom is -0.383 e. The zero-order valence-corrected chi connectivity index (χ0v) is 13.9. The van der Waals surface area contributed by atoms with Crippen LogP contribution in [0.5, 0.6) is 0 Å². The smallest absolute Gasteiger partial charge is 0.248 e. The van der Waals surface area contributed by atoms with Crippen molar-refractivity contribution in [2.45, 2.75) is 26.4 Å². The normalized spacial score (nSPS) is 14.3. The lowest BCUT2D eigenvalue weighted by molar-refractivity contribution is -0.136. The molecule has 23 heavy (non-hydrogen) atoms. The number of benzene rings is 1. The first-order valence-electron chi connectivity index (χ1n) is 8.18. The van der Waals surface area contributed by atoms with Gasteiger partial charge in [-0.25, -0.2) is 0 Å². The van der Waals surface area contributed by atoms with Crippen molar-refractivity contribution in [2.24, 2.45) is 0 Å². The number of rotatable bonds is 6. The van der Waals surface area contributed by atoms with Crippen LogP contribution in [0.3, 0.4) is 0 Å². The number of hydrogen-bond acceptors (Lipinski definition) is 3. The summed E-state index contributed by atoms with van der Waals surface area (Å²) in [5.74, 6) is 0.0706. The fourth-order valence-electron chi connectivity index (χ4n) is 3.25. The third kappa shape index (κ3) is 3.26. The van der Waals surface area contributed by atoms with Crippen molar-refractivity contribution in [3.8, 4) is 0 Å². The van der Waals surface area contributed by atoms with Crippen molar-refractivity contribution in [1.29, 1.82) is 0 Å². The molecule has 0 N–H and O–H groups in total. The predicted molar refractivity (Wildman–Crippen MR) is 89.4 cm³/mol. The zero-order valence-electron chi connectivity index (χ0n) is 13.9. The Morgan fingerprint density at radius 2 is 2.17 bits per heavy atom. The second-order valence-electron chi connectivity index (χ2n) is 5.85. The highest BCUT2D eigenvalue weighted by atomic mass is 16.5. The van der Waals surface area contributed by atoms with Gasteiger partial charge in [-0.05, 0) is 30.5 Å². The molecule has 2 aromatic rings. The van der Waals surface area contributed by atoms with E-state index in [0.29, 0.717) is 19.8 Å². The molecular formula is C18H24N2O3. The van der Waals surface area contributed by atoms with Gasteiger partial charge in [-0.3, -0.25) is 4.79 Å². The van der Waals surface area contributed by atoms with Gasteiger partial charge in [0.05, 0.1) is 6.61 Å². The summed E-state index contributed by atoms with van der Waals surface area (Å²) >= 11 is 0. The van der Waals surface area contributed by atoms with Gasteiger partial charge in [0, 0.05) is 50.5 Å². The number of ether oxygens (including phenoxy) is 2. The Bertz CT molecular complexity index is 693. The van der Waals surface area contributed by atoms with Crippen molar-refractivity contribution in [3.63, 3.8) is 0 Å². The van der Waals surface area contributed by atoms with Crippen molar-refractivity contribution in [3.05, 3.63) is 35.5 Å². The number of carbonyl (C=O) groups is 1. The molecule has 0 bridgehead atoms. The van der Waals surface area contributed by atoms with Gasteiger partial charge in [0.25, 0.3) is 0 Å². The molecule has 1 amide bonds. The SMILES string of the molecule is CCOCC(=O)N1CCc2cn(CCOC)c3cccc(c23)C1. The second kappa shape index (κ2) is 7.15. The maximum absolute atomic E-state index is 12.3. The molecule has 0 aliphatic carbocycles. The molecule has 0 radical (unpaired) electrons. The van der Waals surface area contributed by atoms with Crippen LogP contribution in [0.2, 0.25) is 0 Å². The van der Waals surface area contributed by atoms with Crippen LogP contribution in [0.15, 0.2) is 24.4 Å². The van der Waals surface area contributed by atoms with Crippen LogP contribution in [0.1, 0.15) is 18.1 Å². The van der Waals surface area contributed by atoms with E-state index in [9.17, 15) is 4.79 Å². The van der Waals surface area contributed by atoms with Crippen LogP contribution in [0.4, 0.5) is 0 Å². The Morgan fingerprint density at radius 1 is 1.30 bits per heavy atom. The molecule has 3 rings (SSSR count). The fraction of sp³-hybridized carbons (Fsp3) is 0.500. The molecule has 2 heterocycles. The fourth-order valence-corrected chi connectivity index (χ4v) is 3.25. The number of carbonyl (C=O) groups excluding carboxylic acids is 1. The van der Waals surface area contributed by atoms with Crippen LogP contribution < -0.4 is 0 Å². The molecule has 5 nitrogen and oxygen atoms in total. The van der Waals surface area contributed by atoms with Crippen molar-refractivity contribution < 1.29 is 14.3 Å². The van der Waals surface area contributed by atoms with E-state index in [0.717, 1.165) is 19.5 Å². The van der Waals surface area contributed by atoms with Crippen LogP contribution in [0.25, 0.3) is 10.9 Å². The molecular weight excluding hydrogens is 292 g/mol. The summed E-state index contributed by atoms with van der Waals surface area (Å²) in [6.07, 6.45) is 3.09. The second-order valence-corrected chi connectivity index (χ2v) is 5.85. The first-order valence-corrected chi connectivity index (χ1v) is 8.18. The average molecular weight is 316 g/mol. The van der Waals surface area contributed by atoms with Crippen molar-refractivity contribution >= 4 is 16.8 Å². The van der Waals surface area contributed by atoms with E-state index in [1.165, 1.54) is 22.0 Å². The summed E-state index contributed by atoms with van der Waals surface area (Å²) < 4.78 is 12.7. The minimum atomic E-state index is 0.0706. The summed E-state index contributed by atoms with van der Waals surface area (Å²) in [5.41, 5.74) is 3.77.